The van der Waals surface area contributed by atoms with Gasteiger partial charge in [-0.2, -0.15) is 5.26 Å². The SMILES string of the molecule is CC1COC(CBr)CN1C(=O)c1cccc(C#N)c1. The number of benzene rings is 1. The van der Waals surface area contributed by atoms with E-state index in [0.29, 0.717) is 29.6 Å². The zero-order valence-electron chi connectivity index (χ0n) is 10.7. The van der Waals surface area contributed by atoms with Crippen molar-refractivity contribution in [3.63, 3.8) is 0 Å². The van der Waals surface area contributed by atoms with Crippen LogP contribution in [0.25, 0.3) is 0 Å². The Balaban J connectivity index is 2.19. The minimum Gasteiger partial charge on any atom is -0.373 e. The van der Waals surface area contributed by atoms with Gasteiger partial charge in [0.1, 0.15) is 0 Å². The molecular weight excluding hydrogens is 308 g/mol. The predicted molar refractivity (Wildman–Crippen MR) is 75.2 cm³/mol. The van der Waals surface area contributed by atoms with Crippen molar-refractivity contribution >= 4 is 21.8 Å². The van der Waals surface area contributed by atoms with E-state index in [1.165, 1.54) is 0 Å². The molecule has 2 unspecified atom stereocenters. The van der Waals surface area contributed by atoms with Crippen LogP contribution in [0.2, 0.25) is 0 Å². The summed E-state index contributed by atoms with van der Waals surface area (Å²) < 4.78 is 5.61. The smallest absolute Gasteiger partial charge is 0.254 e. The van der Waals surface area contributed by atoms with E-state index in [9.17, 15) is 4.79 Å². The molecule has 1 amide bonds. The Labute approximate surface area is 121 Å². The van der Waals surface area contributed by atoms with Crippen LogP contribution < -0.4 is 0 Å². The summed E-state index contributed by atoms with van der Waals surface area (Å²) in [5.41, 5.74) is 1.06. The maximum absolute atomic E-state index is 12.5. The first-order valence-electron chi connectivity index (χ1n) is 6.14. The molecule has 2 rings (SSSR count). The fourth-order valence-corrected chi connectivity index (χ4v) is 2.47. The molecule has 1 aromatic rings. The van der Waals surface area contributed by atoms with Gasteiger partial charge < -0.3 is 9.64 Å². The van der Waals surface area contributed by atoms with E-state index in [1.807, 2.05) is 11.8 Å². The third-order valence-corrected chi connectivity index (χ3v) is 3.90. The summed E-state index contributed by atoms with van der Waals surface area (Å²) in [5.74, 6) is -0.0427. The largest absolute Gasteiger partial charge is 0.373 e. The van der Waals surface area contributed by atoms with Gasteiger partial charge in [-0.05, 0) is 25.1 Å². The van der Waals surface area contributed by atoms with Gasteiger partial charge in [-0.1, -0.05) is 22.0 Å². The molecule has 0 spiro atoms. The number of ether oxygens (including phenoxy) is 1. The van der Waals surface area contributed by atoms with Crippen molar-refractivity contribution in [2.45, 2.75) is 19.1 Å². The Hall–Kier alpha value is -1.38. The fourth-order valence-electron chi connectivity index (χ4n) is 2.08. The van der Waals surface area contributed by atoms with Gasteiger partial charge in [-0.25, -0.2) is 0 Å². The lowest BCUT2D eigenvalue weighted by atomic mass is 10.1. The van der Waals surface area contributed by atoms with Crippen LogP contribution in [0.15, 0.2) is 24.3 Å². The van der Waals surface area contributed by atoms with Gasteiger partial charge in [-0.3, -0.25) is 4.79 Å². The van der Waals surface area contributed by atoms with Crippen LogP contribution >= 0.6 is 15.9 Å². The highest BCUT2D eigenvalue weighted by atomic mass is 79.9. The van der Waals surface area contributed by atoms with Gasteiger partial charge in [0.25, 0.3) is 5.91 Å². The maximum atomic E-state index is 12.5. The minimum atomic E-state index is -0.0427. The number of amides is 1. The molecule has 1 aliphatic heterocycles. The van der Waals surface area contributed by atoms with Crippen molar-refractivity contribution in [1.82, 2.24) is 4.90 Å². The molecule has 4 nitrogen and oxygen atoms in total. The molecule has 0 aliphatic carbocycles. The van der Waals surface area contributed by atoms with Crippen LogP contribution in [0.4, 0.5) is 0 Å². The molecule has 0 aromatic heterocycles. The second-order valence-corrected chi connectivity index (χ2v) is 5.26. The number of carbonyl (C=O) groups is 1. The molecule has 0 bridgehead atoms. The predicted octanol–water partition coefficient (Wildman–Crippen LogP) is 2.18. The molecular formula is C14H15BrN2O2. The molecule has 100 valence electrons. The Morgan fingerprint density at radius 2 is 2.42 bits per heavy atom. The lowest BCUT2D eigenvalue weighted by molar-refractivity contribution is -0.0361. The molecule has 5 heteroatoms. The fraction of sp³-hybridized carbons (Fsp3) is 0.429. The molecule has 19 heavy (non-hydrogen) atoms. The topological polar surface area (TPSA) is 53.3 Å². The van der Waals surface area contributed by atoms with Crippen LogP contribution in [0.1, 0.15) is 22.8 Å². The molecule has 0 N–H and O–H groups in total. The van der Waals surface area contributed by atoms with E-state index < -0.39 is 0 Å². The number of rotatable bonds is 2. The van der Waals surface area contributed by atoms with E-state index in [0.717, 1.165) is 0 Å². The van der Waals surface area contributed by atoms with E-state index in [4.69, 9.17) is 10.00 Å². The average molecular weight is 323 g/mol. The van der Waals surface area contributed by atoms with Crippen LogP contribution in [-0.2, 0) is 4.74 Å². The first-order valence-corrected chi connectivity index (χ1v) is 7.26. The van der Waals surface area contributed by atoms with Crippen molar-refractivity contribution in [2.75, 3.05) is 18.5 Å². The number of hydrogen-bond acceptors (Lipinski definition) is 3. The first-order chi connectivity index (χ1) is 9.15. The highest BCUT2D eigenvalue weighted by Gasteiger charge is 2.29. The standard InChI is InChI=1S/C14H15BrN2O2/c1-10-9-19-13(6-15)8-17(10)14(18)12-4-2-3-11(5-12)7-16/h2-5,10,13H,6,8-9H2,1H3. The monoisotopic (exact) mass is 322 g/mol. The molecule has 1 heterocycles. The normalized spacial score (nSPS) is 22.9. The van der Waals surface area contributed by atoms with E-state index in [-0.39, 0.29) is 18.1 Å². The zero-order valence-corrected chi connectivity index (χ0v) is 12.3. The second-order valence-electron chi connectivity index (χ2n) is 4.61. The van der Waals surface area contributed by atoms with Crippen LogP contribution in [0.3, 0.4) is 0 Å². The van der Waals surface area contributed by atoms with Crippen LogP contribution in [-0.4, -0.2) is 41.4 Å². The first kappa shape index (κ1) is 14.0. The van der Waals surface area contributed by atoms with Gasteiger partial charge in [-0.15, -0.1) is 0 Å². The van der Waals surface area contributed by atoms with Gasteiger partial charge in [0, 0.05) is 17.4 Å². The van der Waals surface area contributed by atoms with Crippen LogP contribution in [0, 0.1) is 11.3 Å². The zero-order chi connectivity index (χ0) is 13.8. The van der Waals surface area contributed by atoms with Gasteiger partial charge in [0.05, 0.1) is 30.4 Å². The summed E-state index contributed by atoms with van der Waals surface area (Å²) in [6.45, 7) is 3.08. The third-order valence-electron chi connectivity index (χ3n) is 3.18. The molecule has 1 aromatic carbocycles. The minimum absolute atomic E-state index is 0.0271. The summed E-state index contributed by atoms with van der Waals surface area (Å²) >= 11 is 3.38. The van der Waals surface area contributed by atoms with Gasteiger partial charge >= 0.3 is 0 Å². The van der Waals surface area contributed by atoms with E-state index >= 15 is 0 Å². The summed E-state index contributed by atoms with van der Waals surface area (Å²) in [4.78, 5) is 14.3. The molecule has 0 saturated carbocycles. The molecule has 1 fully saturated rings. The molecule has 2 atom stereocenters. The number of carbonyl (C=O) groups excluding carboxylic acids is 1. The Bertz CT molecular complexity index is 512. The lowest BCUT2D eigenvalue weighted by Crippen LogP contribution is -2.51. The average Bonchev–Trinajstić information content (AvgIpc) is 2.47. The highest BCUT2D eigenvalue weighted by Crippen LogP contribution is 2.17. The molecule has 1 saturated heterocycles. The highest BCUT2D eigenvalue weighted by molar-refractivity contribution is 9.09. The number of nitrogens with zero attached hydrogens (tertiary/aromatic N) is 2. The Morgan fingerprint density at radius 1 is 1.63 bits per heavy atom. The number of nitriles is 1. The summed E-state index contributed by atoms with van der Waals surface area (Å²) in [6, 6.07) is 8.91. The second kappa shape index (κ2) is 6.18. The number of halogens is 1. The summed E-state index contributed by atoms with van der Waals surface area (Å²) in [5, 5.41) is 9.60. The quantitative estimate of drug-likeness (QED) is 0.784. The van der Waals surface area contributed by atoms with E-state index in [1.54, 1.807) is 24.3 Å². The maximum Gasteiger partial charge on any atom is 0.254 e. The molecule has 1 aliphatic rings. The number of morpholine rings is 1. The van der Waals surface area contributed by atoms with Crippen LogP contribution in [0.5, 0.6) is 0 Å². The summed E-state index contributed by atoms with van der Waals surface area (Å²) in [6.07, 6.45) is 0.0271. The van der Waals surface area contributed by atoms with Crippen molar-refractivity contribution in [1.29, 1.82) is 5.26 Å². The lowest BCUT2D eigenvalue weighted by Gasteiger charge is -2.37. The summed E-state index contributed by atoms with van der Waals surface area (Å²) in [7, 11) is 0. The third kappa shape index (κ3) is 3.14. The van der Waals surface area contributed by atoms with Crippen molar-refractivity contribution in [3.05, 3.63) is 35.4 Å². The number of alkyl halides is 1. The Morgan fingerprint density at radius 3 is 3.11 bits per heavy atom. The Kier molecular flexibility index (Phi) is 4.56. The van der Waals surface area contributed by atoms with Crippen molar-refractivity contribution in [3.8, 4) is 6.07 Å². The van der Waals surface area contributed by atoms with Crippen molar-refractivity contribution < 1.29 is 9.53 Å². The van der Waals surface area contributed by atoms with Gasteiger partial charge in [0.15, 0.2) is 0 Å². The number of hydrogen-bond donors (Lipinski definition) is 0. The van der Waals surface area contributed by atoms with E-state index in [2.05, 4.69) is 22.0 Å². The van der Waals surface area contributed by atoms with Crippen molar-refractivity contribution in [2.24, 2.45) is 0 Å². The molecule has 0 radical (unpaired) electrons. The van der Waals surface area contributed by atoms with Gasteiger partial charge in [0.2, 0.25) is 0 Å².